The van der Waals surface area contributed by atoms with Gasteiger partial charge in [0.25, 0.3) is 0 Å². The van der Waals surface area contributed by atoms with Crippen LogP contribution < -0.4 is 0 Å². The minimum Gasteiger partial charge on any atom is -0.383 e. The van der Waals surface area contributed by atoms with Gasteiger partial charge in [0.1, 0.15) is 0 Å². The average molecular weight is 537 g/mol. The number of rotatable bonds is 6. The van der Waals surface area contributed by atoms with E-state index in [-0.39, 0.29) is 5.25 Å². The lowest BCUT2D eigenvalue weighted by atomic mass is 9.61. The van der Waals surface area contributed by atoms with E-state index in [4.69, 9.17) is 4.74 Å². The molecule has 0 bridgehead atoms. The number of fused-ring (bicyclic) bond motifs is 1. The normalized spacial score (nSPS) is 44.9. The quantitative estimate of drug-likeness (QED) is 0.406. The first-order valence-electron chi connectivity index (χ1n) is 16.0. The largest absolute Gasteiger partial charge is 0.383 e. The second-order valence-electron chi connectivity index (χ2n) is 14.0. The molecule has 0 radical (unpaired) electrons. The van der Waals surface area contributed by atoms with Crippen molar-refractivity contribution in [2.75, 3.05) is 33.4 Å². The lowest BCUT2D eigenvalue weighted by Gasteiger charge is -2.60. The van der Waals surface area contributed by atoms with E-state index in [1.807, 2.05) is 11.4 Å². The van der Waals surface area contributed by atoms with Gasteiger partial charge in [-0.25, -0.2) is 12.7 Å². The summed E-state index contributed by atoms with van der Waals surface area (Å²) in [5.41, 5.74) is 0. The predicted molar refractivity (Wildman–Crippen MR) is 152 cm³/mol. The second kappa shape index (κ2) is 12.1. The van der Waals surface area contributed by atoms with Crippen molar-refractivity contribution in [3.8, 4) is 0 Å². The first-order valence-corrected chi connectivity index (χ1v) is 17.5. The first kappa shape index (κ1) is 28.4. The monoisotopic (exact) mass is 536 g/mol. The zero-order valence-corrected chi connectivity index (χ0v) is 25.1. The van der Waals surface area contributed by atoms with Crippen molar-refractivity contribution < 1.29 is 13.2 Å². The van der Waals surface area contributed by atoms with Gasteiger partial charge in [0.2, 0.25) is 10.0 Å². The van der Waals surface area contributed by atoms with Crippen LogP contribution in [-0.2, 0) is 14.8 Å². The Kier molecular flexibility index (Phi) is 9.31. The molecule has 2 heterocycles. The van der Waals surface area contributed by atoms with E-state index >= 15 is 0 Å². The van der Waals surface area contributed by atoms with Crippen LogP contribution >= 0.6 is 0 Å². The van der Waals surface area contributed by atoms with E-state index in [1.54, 1.807) is 0 Å². The van der Waals surface area contributed by atoms with Gasteiger partial charge in [-0.05, 0) is 106 Å². The Morgan fingerprint density at radius 2 is 1.49 bits per heavy atom. The molecule has 0 amide bonds. The topological polar surface area (TPSA) is 49.9 Å². The van der Waals surface area contributed by atoms with Gasteiger partial charge in [0, 0.05) is 32.3 Å². The maximum atomic E-state index is 13.9. The van der Waals surface area contributed by atoms with Crippen molar-refractivity contribution in [2.24, 2.45) is 41.4 Å². The molecule has 214 valence electrons. The van der Waals surface area contributed by atoms with Crippen LogP contribution in [0, 0.1) is 41.4 Å². The lowest BCUT2D eigenvalue weighted by Crippen LogP contribution is -2.71. The van der Waals surface area contributed by atoms with Gasteiger partial charge in [-0.15, -0.1) is 0 Å². The summed E-state index contributed by atoms with van der Waals surface area (Å²) in [6, 6.07) is 0.853. The maximum Gasteiger partial charge on any atom is 0.217 e. The van der Waals surface area contributed by atoms with Gasteiger partial charge in [0.15, 0.2) is 0 Å². The Bertz CT molecular complexity index is 841. The van der Waals surface area contributed by atoms with Crippen LogP contribution in [0.3, 0.4) is 0 Å². The average Bonchev–Trinajstić information content (AvgIpc) is 2.87. The molecule has 5 nitrogen and oxygen atoms in total. The molecule has 2 saturated heterocycles. The molecule has 0 spiro atoms. The molecule has 0 N–H and O–H groups in total. The first-order chi connectivity index (χ1) is 17.8. The zero-order valence-electron chi connectivity index (χ0n) is 24.3. The summed E-state index contributed by atoms with van der Waals surface area (Å²) in [7, 11) is -1.39. The highest BCUT2D eigenvalue weighted by molar-refractivity contribution is 7.89. The highest BCUT2D eigenvalue weighted by Gasteiger charge is 2.54. The smallest absolute Gasteiger partial charge is 0.217 e. The molecule has 37 heavy (non-hydrogen) atoms. The van der Waals surface area contributed by atoms with Crippen molar-refractivity contribution >= 4 is 10.0 Å². The third-order valence-corrected chi connectivity index (χ3v) is 14.3. The Morgan fingerprint density at radius 1 is 0.784 bits per heavy atom. The van der Waals surface area contributed by atoms with Crippen LogP contribution in [0.5, 0.6) is 0 Å². The van der Waals surface area contributed by atoms with Gasteiger partial charge < -0.3 is 4.74 Å². The van der Waals surface area contributed by atoms with Crippen molar-refractivity contribution in [1.29, 1.82) is 0 Å². The molecule has 6 unspecified atom stereocenters. The van der Waals surface area contributed by atoms with E-state index in [9.17, 15) is 8.42 Å². The third-order valence-electron chi connectivity index (χ3n) is 11.8. The zero-order chi connectivity index (χ0) is 26.2. The minimum atomic E-state index is -3.24. The van der Waals surface area contributed by atoms with Crippen molar-refractivity contribution in [1.82, 2.24) is 9.21 Å². The number of ether oxygens (including phenoxy) is 1. The van der Waals surface area contributed by atoms with E-state index < -0.39 is 10.0 Å². The number of sulfonamides is 1. The molecule has 5 rings (SSSR count). The molecule has 5 fully saturated rings. The fourth-order valence-electron chi connectivity index (χ4n) is 9.63. The van der Waals surface area contributed by atoms with Gasteiger partial charge >= 0.3 is 0 Å². The van der Waals surface area contributed by atoms with Gasteiger partial charge in [-0.1, -0.05) is 46.5 Å². The molecule has 3 aliphatic carbocycles. The molecule has 8 atom stereocenters. The second-order valence-corrected chi connectivity index (χ2v) is 16.2. The Labute approximate surface area is 228 Å². The Balaban J connectivity index is 1.28. The fraction of sp³-hybridized carbons (Fsp3) is 1.00. The van der Waals surface area contributed by atoms with Crippen LogP contribution in [0.2, 0.25) is 0 Å². The molecule has 3 saturated carbocycles. The SMILES string of the molecule is COC[C@@H]1[C@@H](C2CCC(C3CC(C)CCC3C)CC2)C2CN(S(=O)(=O)C3CCCCC3C)CCCCN21. The van der Waals surface area contributed by atoms with Crippen LogP contribution in [-0.4, -0.2) is 68.3 Å². The van der Waals surface area contributed by atoms with Gasteiger partial charge in [0.05, 0.1) is 11.9 Å². The predicted octanol–water partition coefficient (Wildman–Crippen LogP) is 6.18. The summed E-state index contributed by atoms with van der Waals surface area (Å²) < 4.78 is 35.6. The molecule has 0 aromatic heterocycles. The number of methoxy groups -OCH3 is 1. The maximum absolute atomic E-state index is 13.9. The van der Waals surface area contributed by atoms with Gasteiger partial charge in [-0.2, -0.15) is 0 Å². The summed E-state index contributed by atoms with van der Waals surface area (Å²) in [6.45, 7) is 10.5. The molecular formula is C31H56N2O3S. The fourth-order valence-corrected chi connectivity index (χ4v) is 11.9. The standard InChI is InChI=1S/C31H56N2O3S/c1-22-11-12-23(2)27(19-22)25-13-15-26(16-14-25)31-28-20-32(17-7-8-18-33(28)29(31)21-36-4)37(34,35)30-10-6-5-9-24(30)3/h22-31H,5-21H2,1-4H3/t22?,23?,24?,25?,26?,27?,28?,29-,30?,31+/m1/s1. The summed E-state index contributed by atoms with van der Waals surface area (Å²) in [5, 5.41) is -0.169. The van der Waals surface area contributed by atoms with E-state index in [1.165, 1.54) is 51.4 Å². The summed E-state index contributed by atoms with van der Waals surface area (Å²) in [6.07, 6.45) is 16.0. The molecule has 6 heteroatoms. The van der Waals surface area contributed by atoms with E-state index in [0.717, 1.165) is 81.4 Å². The number of nitrogens with zero attached hydrogens (tertiary/aromatic N) is 2. The van der Waals surface area contributed by atoms with Crippen molar-refractivity contribution in [3.63, 3.8) is 0 Å². The molecular weight excluding hydrogens is 480 g/mol. The van der Waals surface area contributed by atoms with E-state index in [0.29, 0.717) is 30.5 Å². The van der Waals surface area contributed by atoms with Gasteiger partial charge in [-0.3, -0.25) is 4.90 Å². The lowest BCUT2D eigenvalue weighted by molar-refractivity contribution is -0.128. The van der Waals surface area contributed by atoms with Crippen LogP contribution in [0.4, 0.5) is 0 Å². The Hall–Kier alpha value is -0.170. The minimum absolute atomic E-state index is 0.169. The number of hydrogen-bond donors (Lipinski definition) is 0. The molecule has 0 aromatic rings. The number of hydrogen-bond acceptors (Lipinski definition) is 4. The summed E-state index contributed by atoms with van der Waals surface area (Å²) >= 11 is 0. The molecule has 2 aliphatic heterocycles. The van der Waals surface area contributed by atoms with Crippen LogP contribution in [0.1, 0.15) is 104 Å². The molecule has 5 aliphatic rings. The third kappa shape index (κ3) is 5.84. The van der Waals surface area contributed by atoms with E-state index in [2.05, 4.69) is 25.7 Å². The summed E-state index contributed by atoms with van der Waals surface area (Å²) in [5.74, 6) is 5.24. The van der Waals surface area contributed by atoms with Crippen LogP contribution in [0.15, 0.2) is 0 Å². The highest BCUT2D eigenvalue weighted by atomic mass is 32.2. The van der Waals surface area contributed by atoms with Crippen LogP contribution in [0.25, 0.3) is 0 Å². The molecule has 0 aromatic carbocycles. The summed E-state index contributed by atoms with van der Waals surface area (Å²) in [4.78, 5) is 2.65. The highest BCUT2D eigenvalue weighted by Crippen LogP contribution is 2.50. The Morgan fingerprint density at radius 3 is 2.22 bits per heavy atom. The van der Waals surface area contributed by atoms with Crippen molar-refractivity contribution in [3.05, 3.63) is 0 Å². The van der Waals surface area contributed by atoms with Crippen molar-refractivity contribution in [2.45, 2.75) is 122 Å².